The molecular weight excluding hydrogens is 244 g/mol. The molecule has 0 aliphatic heterocycles. The molecule has 2 N–H and O–H groups in total. The van der Waals surface area contributed by atoms with Gasteiger partial charge in [0, 0.05) is 39.4 Å². The van der Waals surface area contributed by atoms with Crippen molar-refractivity contribution in [2.75, 3.05) is 47.6 Å². The molecule has 19 heavy (non-hydrogen) atoms. The van der Waals surface area contributed by atoms with Crippen LogP contribution in [-0.4, -0.2) is 47.6 Å². The highest BCUT2D eigenvalue weighted by Crippen LogP contribution is 2.22. The van der Waals surface area contributed by atoms with Gasteiger partial charge in [0.05, 0.1) is 20.8 Å². The van der Waals surface area contributed by atoms with Gasteiger partial charge < -0.3 is 24.8 Å². The minimum absolute atomic E-state index is 0.743. The molecule has 0 saturated carbocycles. The zero-order valence-electron chi connectivity index (χ0n) is 12.0. The maximum Gasteiger partial charge on any atom is 0.122 e. The third kappa shape index (κ3) is 6.42. The van der Waals surface area contributed by atoms with E-state index in [0.717, 1.165) is 49.8 Å². The van der Waals surface area contributed by atoms with Crippen LogP contribution in [0.1, 0.15) is 5.56 Å². The topological polar surface area (TPSA) is 51.8 Å². The Hall–Kier alpha value is -1.30. The first-order valence-electron chi connectivity index (χ1n) is 6.42. The van der Waals surface area contributed by atoms with Crippen molar-refractivity contribution >= 4 is 0 Å². The number of benzene rings is 1. The highest BCUT2D eigenvalue weighted by molar-refractivity contribution is 5.38. The predicted molar refractivity (Wildman–Crippen MR) is 76.0 cm³/mol. The van der Waals surface area contributed by atoms with Gasteiger partial charge >= 0.3 is 0 Å². The van der Waals surface area contributed by atoms with E-state index in [1.54, 1.807) is 21.3 Å². The minimum atomic E-state index is 0.743. The van der Waals surface area contributed by atoms with E-state index in [0.29, 0.717) is 0 Å². The van der Waals surface area contributed by atoms with Gasteiger partial charge in [0.1, 0.15) is 11.5 Å². The van der Waals surface area contributed by atoms with E-state index in [4.69, 9.17) is 14.2 Å². The molecule has 1 aromatic carbocycles. The lowest BCUT2D eigenvalue weighted by Gasteiger charge is -2.10. The Morgan fingerprint density at radius 1 is 0.842 bits per heavy atom. The van der Waals surface area contributed by atoms with Crippen LogP contribution in [0.5, 0.6) is 11.5 Å². The van der Waals surface area contributed by atoms with Gasteiger partial charge in [0.15, 0.2) is 0 Å². The average Bonchev–Trinajstić information content (AvgIpc) is 2.45. The highest BCUT2D eigenvalue weighted by Gasteiger charge is 2.01. The Labute approximate surface area is 115 Å². The van der Waals surface area contributed by atoms with Crippen molar-refractivity contribution in [3.63, 3.8) is 0 Å². The number of hydrogen-bond acceptors (Lipinski definition) is 5. The molecule has 0 aliphatic carbocycles. The molecule has 5 nitrogen and oxygen atoms in total. The van der Waals surface area contributed by atoms with Crippen LogP contribution in [-0.2, 0) is 11.3 Å². The Kier molecular flexibility index (Phi) is 7.97. The third-order valence-corrected chi connectivity index (χ3v) is 2.70. The Morgan fingerprint density at radius 2 is 1.47 bits per heavy atom. The fourth-order valence-corrected chi connectivity index (χ4v) is 1.68. The molecule has 0 saturated heterocycles. The maximum atomic E-state index is 5.24. The van der Waals surface area contributed by atoms with Gasteiger partial charge in [-0.25, -0.2) is 0 Å². The molecule has 1 aromatic rings. The summed E-state index contributed by atoms with van der Waals surface area (Å²) < 4.78 is 15.4. The molecule has 0 aromatic heterocycles. The molecular formula is C14H24N2O3. The van der Waals surface area contributed by atoms with Gasteiger partial charge in [0.2, 0.25) is 0 Å². The summed E-state index contributed by atoms with van der Waals surface area (Å²) in [6.45, 7) is 4.24. The van der Waals surface area contributed by atoms with Crippen molar-refractivity contribution in [3.05, 3.63) is 23.8 Å². The number of rotatable bonds is 10. The molecule has 5 heteroatoms. The van der Waals surface area contributed by atoms with E-state index in [1.165, 1.54) is 0 Å². The first-order valence-corrected chi connectivity index (χ1v) is 6.42. The molecule has 0 radical (unpaired) electrons. The van der Waals surface area contributed by atoms with Gasteiger partial charge in [-0.1, -0.05) is 0 Å². The zero-order valence-corrected chi connectivity index (χ0v) is 12.0. The molecule has 0 aliphatic rings. The standard InChI is InChI=1S/C14H24N2O3/c1-17-7-6-15-4-5-16-11-12-8-13(18-2)10-14(9-12)19-3/h8-10,15-16H,4-7,11H2,1-3H3. The number of nitrogens with one attached hydrogen (secondary N) is 2. The van der Waals surface area contributed by atoms with E-state index in [2.05, 4.69) is 10.6 Å². The molecule has 0 bridgehead atoms. The average molecular weight is 268 g/mol. The quantitative estimate of drug-likeness (QED) is 0.621. The molecule has 0 atom stereocenters. The van der Waals surface area contributed by atoms with Gasteiger partial charge in [-0.3, -0.25) is 0 Å². The van der Waals surface area contributed by atoms with Crippen LogP contribution >= 0.6 is 0 Å². The number of ether oxygens (including phenoxy) is 3. The van der Waals surface area contributed by atoms with Gasteiger partial charge in [-0.2, -0.15) is 0 Å². The SMILES string of the molecule is COCCNCCNCc1cc(OC)cc(OC)c1. The van der Waals surface area contributed by atoms with Gasteiger partial charge in [-0.15, -0.1) is 0 Å². The Balaban J connectivity index is 2.28. The molecule has 1 rings (SSSR count). The van der Waals surface area contributed by atoms with Crippen LogP contribution in [0.3, 0.4) is 0 Å². The summed E-state index contributed by atoms with van der Waals surface area (Å²) in [6.07, 6.45) is 0. The lowest BCUT2D eigenvalue weighted by Crippen LogP contribution is -2.29. The van der Waals surface area contributed by atoms with Gasteiger partial charge in [0.25, 0.3) is 0 Å². The second-order valence-corrected chi connectivity index (χ2v) is 4.14. The molecule has 108 valence electrons. The third-order valence-electron chi connectivity index (χ3n) is 2.70. The first-order chi connectivity index (χ1) is 9.30. The van der Waals surface area contributed by atoms with Crippen molar-refractivity contribution in [3.8, 4) is 11.5 Å². The summed E-state index contributed by atoms with van der Waals surface area (Å²) >= 11 is 0. The monoisotopic (exact) mass is 268 g/mol. The summed E-state index contributed by atoms with van der Waals surface area (Å²) in [6, 6.07) is 5.89. The van der Waals surface area contributed by atoms with Crippen LogP contribution in [0.15, 0.2) is 18.2 Å². The lowest BCUT2D eigenvalue weighted by molar-refractivity contribution is 0.199. The molecule has 0 fully saturated rings. The van der Waals surface area contributed by atoms with Crippen LogP contribution in [0, 0.1) is 0 Å². The van der Waals surface area contributed by atoms with Crippen LogP contribution in [0.2, 0.25) is 0 Å². The van der Waals surface area contributed by atoms with Crippen LogP contribution in [0.4, 0.5) is 0 Å². The van der Waals surface area contributed by atoms with E-state index < -0.39 is 0 Å². The summed E-state index contributed by atoms with van der Waals surface area (Å²) in [5, 5.41) is 6.65. The summed E-state index contributed by atoms with van der Waals surface area (Å²) in [7, 11) is 5.02. The molecule has 0 heterocycles. The zero-order chi connectivity index (χ0) is 13.9. The second-order valence-electron chi connectivity index (χ2n) is 4.14. The van der Waals surface area contributed by atoms with E-state index in [1.807, 2.05) is 18.2 Å². The normalized spacial score (nSPS) is 10.5. The first kappa shape index (κ1) is 15.8. The maximum absolute atomic E-state index is 5.24. The number of hydrogen-bond donors (Lipinski definition) is 2. The summed E-state index contributed by atoms with van der Waals surface area (Å²) in [5.74, 6) is 1.63. The second kappa shape index (κ2) is 9.61. The van der Waals surface area contributed by atoms with E-state index in [9.17, 15) is 0 Å². The lowest BCUT2D eigenvalue weighted by atomic mass is 10.2. The number of methoxy groups -OCH3 is 3. The molecule has 0 spiro atoms. The van der Waals surface area contributed by atoms with Crippen LogP contribution in [0.25, 0.3) is 0 Å². The van der Waals surface area contributed by atoms with Crippen molar-refractivity contribution < 1.29 is 14.2 Å². The highest BCUT2D eigenvalue weighted by atomic mass is 16.5. The Morgan fingerprint density at radius 3 is 2.05 bits per heavy atom. The fourth-order valence-electron chi connectivity index (χ4n) is 1.68. The van der Waals surface area contributed by atoms with Crippen molar-refractivity contribution in [1.82, 2.24) is 10.6 Å². The fraction of sp³-hybridized carbons (Fsp3) is 0.571. The van der Waals surface area contributed by atoms with Crippen molar-refractivity contribution in [2.45, 2.75) is 6.54 Å². The van der Waals surface area contributed by atoms with Crippen LogP contribution < -0.4 is 20.1 Å². The Bertz CT molecular complexity index is 336. The predicted octanol–water partition coefficient (Wildman–Crippen LogP) is 1.03. The summed E-state index contributed by atoms with van der Waals surface area (Å²) in [5.41, 5.74) is 1.15. The smallest absolute Gasteiger partial charge is 0.122 e. The van der Waals surface area contributed by atoms with E-state index in [-0.39, 0.29) is 0 Å². The van der Waals surface area contributed by atoms with Gasteiger partial charge in [-0.05, 0) is 17.7 Å². The molecule has 0 unspecified atom stereocenters. The van der Waals surface area contributed by atoms with Crippen molar-refractivity contribution in [2.24, 2.45) is 0 Å². The largest absolute Gasteiger partial charge is 0.497 e. The van der Waals surface area contributed by atoms with E-state index >= 15 is 0 Å². The van der Waals surface area contributed by atoms with Crippen molar-refractivity contribution in [1.29, 1.82) is 0 Å². The molecule has 0 amide bonds. The minimum Gasteiger partial charge on any atom is -0.497 e. The summed E-state index contributed by atoms with van der Waals surface area (Å²) in [4.78, 5) is 0.